The molecule has 1 atom stereocenters. The molecule has 0 heterocycles. The fourth-order valence-electron chi connectivity index (χ4n) is 3.67. The van der Waals surface area contributed by atoms with Crippen molar-refractivity contribution in [2.24, 2.45) is 0 Å². The van der Waals surface area contributed by atoms with Crippen LogP contribution >= 0.6 is 0 Å². The van der Waals surface area contributed by atoms with Gasteiger partial charge in [0, 0.05) is 26.1 Å². The summed E-state index contributed by atoms with van der Waals surface area (Å²) in [5.41, 5.74) is 3.45. The molecule has 0 saturated carbocycles. The first kappa shape index (κ1) is 26.4. The molecule has 2 rings (SSSR count). The highest BCUT2D eigenvalue weighted by atomic mass is 32.2. The number of likely N-dealkylation sites (N-methyl/N-ethyl adjacent to an activating group) is 1. The van der Waals surface area contributed by atoms with Gasteiger partial charge in [0.25, 0.3) is 0 Å². The third-order valence-corrected chi connectivity index (χ3v) is 6.89. The van der Waals surface area contributed by atoms with E-state index in [1.807, 2.05) is 63.2 Å². The number of aryl methyl sites for hydroxylation is 1. The number of anilines is 1. The molecule has 0 aliphatic carbocycles. The molecular formula is C25H35N3O4S. The van der Waals surface area contributed by atoms with Crippen LogP contribution in [0, 0.1) is 13.8 Å². The number of carbonyl (C=O) groups excluding carboxylic acids is 2. The molecule has 2 amide bonds. The van der Waals surface area contributed by atoms with E-state index in [9.17, 15) is 18.0 Å². The predicted molar refractivity (Wildman–Crippen MR) is 132 cm³/mol. The summed E-state index contributed by atoms with van der Waals surface area (Å²) in [6.07, 6.45) is 1.65. The molecule has 2 aromatic rings. The lowest BCUT2D eigenvalue weighted by molar-refractivity contribution is -0.140. The van der Waals surface area contributed by atoms with Crippen LogP contribution < -0.4 is 9.62 Å². The van der Waals surface area contributed by atoms with E-state index in [0.717, 1.165) is 16.7 Å². The second-order valence-electron chi connectivity index (χ2n) is 8.24. The summed E-state index contributed by atoms with van der Waals surface area (Å²) in [5, 5.41) is 2.77. The number of sulfonamides is 1. The van der Waals surface area contributed by atoms with E-state index < -0.39 is 16.1 Å². The van der Waals surface area contributed by atoms with Gasteiger partial charge in [-0.1, -0.05) is 42.5 Å². The van der Waals surface area contributed by atoms with Crippen molar-refractivity contribution in [1.82, 2.24) is 10.2 Å². The Morgan fingerprint density at radius 3 is 2.30 bits per heavy atom. The zero-order valence-electron chi connectivity index (χ0n) is 20.2. The van der Waals surface area contributed by atoms with Gasteiger partial charge in [0.1, 0.15) is 6.04 Å². The lowest BCUT2D eigenvalue weighted by Crippen LogP contribution is -2.47. The Bertz CT molecular complexity index is 1050. The van der Waals surface area contributed by atoms with Gasteiger partial charge < -0.3 is 10.2 Å². The quantitative estimate of drug-likeness (QED) is 0.542. The molecule has 2 aromatic carbocycles. The second kappa shape index (κ2) is 11.8. The molecule has 1 N–H and O–H groups in total. The molecule has 0 saturated heterocycles. The highest BCUT2D eigenvalue weighted by Gasteiger charge is 2.26. The fourth-order valence-corrected chi connectivity index (χ4v) is 4.69. The highest BCUT2D eigenvalue weighted by Crippen LogP contribution is 2.25. The Kier molecular flexibility index (Phi) is 9.46. The standard InChI is InChI=1S/C25H35N3O4S/c1-6-26-25(30)21(4)27(18-22-13-8-7-9-14-22)24(29)16-11-17-28(33(5,31)32)23-15-10-12-19(2)20(23)3/h7-10,12-15,21H,6,11,16-18H2,1-5H3,(H,26,30)/t21-/m0/s1. The minimum atomic E-state index is -3.52. The SMILES string of the molecule is CCNC(=O)[C@H](C)N(Cc1ccccc1)C(=O)CCCN(c1cccc(C)c1C)S(C)(=O)=O. The normalized spacial score (nSPS) is 12.2. The molecule has 0 spiro atoms. The summed E-state index contributed by atoms with van der Waals surface area (Å²) < 4.78 is 26.3. The van der Waals surface area contributed by atoms with E-state index in [0.29, 0.717) is 25.2 Å². The van der Waals surface area contributed by atoms with Crippen LogP contribution in [0.5, 0.6) is 0 Å². The Labute approximate surface area is 197 Å². The summed E-state index contributed by atoms with van der Waals surface area (Å²) >= 11 is 0. The van der Waals surface area contributed by atoms with Crippen LogP contribution in [0.25, 0.3) is 0 Å². The number of benzene rings is 2. The van der Waals surface area contributed by atoms with Gasteiger partial charge in [-0.2, -0.15) is 0 Å². The van der Waals surface area contributed by atoms with Crippen molar-refractivity contribution >= 4 is 27.5 Å². The van der Waals surface area contributed by atoms with E-state index in [4.69, 9.17) is 0 Å². The first-order valence-electron chi connectivity index (χ1n) is 11.2. The zero-order valence-corrected chi connectivity index (χ0v) is 21.0. The maximum absolute atomic E-state index is 13.2. The van der Waals surface area contributed by atoms with E-state index in [1.165, 1.54) is 10.6 Å². The van der Waals surface area contributed by atoms with E-state index >= 15 is 0 Å². The first-order chi connectivity index (χ1) is 15.6. The molecule has 0 radical (unpaired) electrons. The van der Waals surface area contributed by atoms with Crippen molar-refractivity contribution in [3.8, 4) is 0 Å². The van der Waals surface area contributed by atoms with Gasteiger partial charge >= 0.3 is 0 Å². The van der Waals surface area contributed by atoms with Crippen LogP contribution in [0.2, 0.25) is 0 Å². The van der Waals surface area contributed by atoms with Gasteiger partial charge in [0.15, 0.2) is 0 Å². The summed E-state index contributed by atoms with van der Waals surface area (Å²) in [6.45, 7) is 8.35. The maximum atomic E-state index is 13.2. The Balaban J connectivity index is 2.17. The monoisotopic (exact) mass is 473 g/mol. The van der Waals surface area contributed by atoms with E-state index in [1.54, 1.807) is 17.9 Å². The molecule has 0 aromatic heterocycles. The zero-order chi connectivity index (χ0) is 24.6. The third-order valence-electron chi connectivity index (χ3n) is 5.71. The van der Waals surface area contributed by atoms with Gasteiger partial charge in [-0.25, -0.2) is 8.42 Å². The Hall–Kier alpha value is -2.87. The van der Waals surface area contributed by atoms with Crippen LogP contribution in [0.4, 0.5) is 5.69 Å². The molecule has 8 heteroatoms. The van der Waals surface area contributed by atoms with E-state index in [-0.39, 0.29) is 24.8 Å². The molecule has 0 aliphatic heterocycles. The van der Waals surface area contributed by atoms with Crippen molar-refractivity contribution < 1.29 is 18.0 Å². The molecule has 0 fully saturated rings. The highest BCUT2D eigenvalue weighted by molar-refractivity contribution is 7.92. The molecule has 0 unspecified atom stereocenters. The third kappa shape index (κ3) is 7.32. The molecule has 180 valence electrons. The Morgan fingerprint density at radius 1 is 1.03 bits per heavy atom. The van der Waals surface area contributed by atoms with Gasteiger partial charge in [-0.3, -0.25) is 13.9 Å². The van der Waals surface area contributed by atoms with Gasteiger partial charge in [-0.05, 0) is 56.9 Å². The molecular weight excluding hydrogens is 438 g/mol. The summed E-state index contributed by atoms with van der Waals surface area (Å²) in [7, 11) is -3.52. The van der Waals surface area contributed by atoms with Gasteiger partial charge in [0.2, 0.25) is 21.8 Å². The van der Waals surface area contributed by atoms with Gasteiger partial charge in [0.05, 0.1) is 11.9 Å². The first-order valence-corrected chi connectivity index (χ1v) is 13.1. The van der Waals surface area contributed by atoms with Crippen molar-refractivity contribution in [3.63, 3.8) is 0 Å². The molecule has 33 heavy (non-hydrogen) atoms. The minimum absolute atomic E-state index is 0.132. The van der Waals surface area contributed by atoms with Crippen molar-refractivity contribution in [1.29, 1.82) is 0 Å². The van der Waals surface area contributed by atoms with Gasteiger partial charge in [-0.15, -0.1) is 0 Å². The number of carbonyl (C=O) groups is 2. The number of amides is 2. The average molecular weight is 474 g/mol. The number of nitrogens with zero attached hydrogens (tertiary/aromatic N) is 2. The number of rotatable bonds is 11. The summed E-state index contributed by atoms with van der Waals surface area (Å²) in [4.78, 5) is 27.2. The maximum Gasteiger partial charge on any atom is 0.242 e. The lowest BCUT2D eigenvalue weighted by atomic mass is 10.1. The smallest absolute Gasteiger partial charge is 0.242 e. The summed E-state index contributed by atoms with van der Waals surface area (Å²) in [5.74, 6) is -0.401. The summed E-state index contributed by atoms with van der Waals surface area (Å²) in [6, 6.07) is 14.4. The molecule has 0 aliphatic rings. The van der Waals surface area contributed by atoms with Crippen molar-refractivity contribution in [2.45, 2.75) is 53.1 Å². The van der Waals surface area contributed by atoms with Crippen LogP contribution in [0.3, 0.4) is 0 Å². The number of nitrogens with one attached hydrogen (secondary N) is 1. The van der Waals surface area contributed by atoms with E-state index in [2.05, 4.69) is 5.32 Å². The fraction of sp³-hybridized carbons (Fsp3) is 0.440. The molecule has 0 bridgehead atoms. The minimum Gasteiger partial charge on any atom is -0.355 e. The van der Waals surface area contributed by atoms with Crippen molar-refractivity contribution in [2.75, 3.05) is 23.7 Å². The van der Waals surface area contributed by atoms with Crippen LogP contribution in [0.1, 0.15) is 43.4 Å². The number of hydrogen-bond acceptors (Lipinski definition) is 4. The van der Waals surface area contributed by atoms with Crippen LogP contribution in [-0.2, 0) is 26.2 Å². The largest absolute Gasteiger partial charge is 0.355 e. The van der Waals surface area contributed by atoms with Crippen LogP contribution in [0.15, 0.2) is 48.5 Å². The molecule has 7 nitrogen and oxygen atoms in total. The second-order valence-corrected chi connectivity index (χ2v) is 10.1. The Morgan fingerprint density at radius 2 is 1.70 bits per heavy atom. The van der Waals surface area contributed by atoms with Crippen LogP contribution in [-0.4, -0.2) is 50.5 Å². The topological polar surface area (TPSA) is 86.8 Å². The average Bonchev–Trinajstić information content (AvgIpc) is 2.77. The van der Waals surface area contributed by atoms with Crippen molar-refractivity contribution in [3.05, 3.63) is 65.2 Å². The predicted octanol–water partition coefficient (Wildman–Crippen LogP) is 3.40. The lowest BCUT2D eigenvalue weighted by Gasteiger charge is -2.29. The number of hydrogen-bond donors (Lipinski definition) is 1.